The highest BCUT2D eigenvalue weighted by molar-refractivity contribution is 5.75. The predicted octanol–water partition coefficient (Wildman–Crippen LogP) is 5.77. The van der Waals surface area contributed by atoms with E-state index in [0.717, 1.165) is 18.2 Å². The SMILES string of the molecule is COc1ccc(-c2ccc(Cn3cc4nc(-c5cccc(F)c5F)nc-4cn3)nc2[N+](=O)[O-])c(C(F)(F)F)c1. The molecule has 3 aromatic rings. The Balaban J connectivity index is 1.50. The molecule has 2 aliphatic heterocycles. The van der Waals surface area contributed by atoms with Crippen LogP contribution in [0.15, 0.2) is 60.9 Å². The Morgan fingerprint density at radius 2 is 1.72 bits per heavy atom. The number of imidazole rings is 1. The molecule has 0 spiro atoms. The molecule has 14 heteroatoms. The molecule has 0 unspecified atom stereocenters. The summed E-state index contributed by atoms with van der Waals surface area (Å²) in [5.74, 6) is -3.05. The number of nitrogens with zero attached hydrogens (tertiary/aromatic N) is 6. The summed E-state index contributed by atoms with van der Waals surface area (Å²) in [6.45, 7) is -0.109. The van der Waals surface area contributed by atoms with Gasteiger partial charge in [-0.2, -0.15) is 18.3 Å². The van der Waals surface area contributed by atoms with E-state index in [9.17, 15) is 32.1 Å². The molecule has 0 radical (unpaired) electrons. The smallest absolute Gasteiger partial charge is 0.417 e. The summed E-state index contributed by atoms with van der Waals surface area (Å²) in [6, 6.07) is 9.24. The van der Waals surface area contributed by atoms with Crippen molar-refractivity contribution in [2.45, 2.75) is 12.7 Å². The van der Waals surface area contributed by atoms with Crippen molar-refractivity contribution in [1.82, 2.24) is 24.7 Å². The number of hydrogen-bond donors (Lipinski definition) is 0. The van der Waals surface area contributed by atoms with Gasteiger partial charge in [0, 0.05) is 5.56 Å². The molecule has 0 saturated heterocycles. The first-order valence-electron chi connectivity index (χ1n) is 11.1. The molecule has 3 heterocycles. The number of aromatic nitrogens is 5. The molecule has 0 saturated carbocycles. The second kappa shape index (κ2) is 9.70. The number of alkyl halides is 3. The van der Waals surface area contributed by atoms with Crippen LogP contribution in [-0.4, -0.2) is 36.8 Å². The summed E-state index contributed by atoms with van der Waals surface area (Å²) in [5.41, 5.74) is -1.30. The minimum absolute atomic E-state index is 0.0559. The lowest BCUT2D eigenvalue weighted by Gasteiger charge is -2.14. The van der Waals surface area contributed by atoms with Crippen molar-refractivity contribution in [2.24, 2.45) is 0 Å². The first-order chi connectivity index (χ1) is 18.5. The molecular formula is C25H15F5N6O3. The normalized spacial score (nSPS) is 11.6. The standard InChI is InChI=1S/C25H15F5N6O3/c1-39-14-6-8-15(18(9-14)25(28,29)30)16-7-5-13(32-24(16)36(37)38)11-35-12-21-20(10-31-35)33-23(34-21)17-3-2-4-19(26)22(17)27/h2-10,12H,11H2,1H3. The van der Waals surface area contributed by atoms with Gasteiger partial charge in [-0.1, -0.05) is 6.07 Å². The average molecular weight is 542 g/mol. The zero-order chi connectivity index (χ0) is 27.9. The second-order valence-corrected chi connectivity index (χ2v) is 8.23. The Morgan fingerprint density at radius 1 is 0.974 bits per heavy atom. The van der Waals surface area contributed by atoms with Crippen LogP contribution in [0.5, 0.6) is 5.75 Å². The minimum atomic E-state index is -4.81. The van der Waals surface area contributed by atoms with Gasteiger partial charge in [-0.25, -0.2) is 18.7 Å². The maximum Gasteiger partial charge on any atom is 0.417 e. The third-order valence-electron chi connectivity index (χ3n) is 5.76. The van der Waals surface area contributed by atoms with Crippen molar-refractivity contribution in [3.8, 4) is 39.7 Å². The Hall–Kier alpha value is -5.01. The van der Waals surface area contributed by atoms with Crippen molar-refractivity contribution in [3.05, 3.63) is 93.9 Å². The molecule has 0 bridgehead atoms. The van der Waals surface area contributed by atoms with Crippen LogP contribution in [0.4, 0.5) is 27.8 Å². The summed E-state index contributed by atoms with van der Waals surface area (Å²) in [5, 5.41) is 15.9. The van der Waals surface area contributed by atoms with Gasteiger partial charge in [-0.3, -0.25) is 4.68 Å². The number of pyridine rings is 1. The molecule has 39 heavy (non-hydrogen) atoms. The molecule has 198 valence electrons. The van der Waals surface area contributed by atoms with Crippen LogP contribution in [0.25, 0.3) is 33.9 Å². The van der Waals surface area contributed by atoms with Crippen molar-refractivity contribution in [1.29, 1.82) is 0 Å². The number of rotatable bonds is 6. The van der Waals surface area contributed by atoms with Crippen molar-refractivity contribution in [2.75, 3.05) is 7.11 Å². The molecule has 0 aliphatic carbocycles. The van der Waals surface area contributed by atoms with E-state index in [1.54, 1.807) is 0 Å². The highest BCUT2D eigenvalue weighted by atomic mass is 19.4. The van der Waals surface area contributed by atoms with Crippen LogP contribution in [0.3, 0.4) is 0 Å². The van der Waals surface area contributed by atoms with E-state index in [4.69, 9.17) is 4.74 Å². The highest BCUT2D eigenvalue weighted by Gasteiger charge is 2.36. The number of hydrogen-bond acceptors (Lipinski definition) is 7. The van der Waals surface area contributed by atoms with E-state index in [1.165, 1.54) is 54.5 Å². The lowest BCUT2D eigenvalue weighted by molar-refractivity contribution is -0.388. The maximum absolute atomic E-state index is 14.2. The third-order valence-corrected chi connectivity index (χ3v) is 5.76. The van der Waals surface area contributed by atoms with Crippen LogP contribution >= 0.6 is 0 Å². The van der Waals surface area contributed by atoms with Gasteiger partial charge in [-0.15, -0.1) is 0 Å². The van der Waals surface area contributed by atoms with Gasteiger partial charge in [0.1, 0.15) is 23.7 Å². The van der Waals surface area contributed by atoms with Crippen LogP contribution in [0.1, 0.15) is 11.3 Å². The van der Waals surface area contributed by atoms with Crippen LogP contribution in [0.2, 0.25) is 0 Å². The van der Waals surface area contributed by atoms with Crippen LogP contribution in [0, 0.1) is 21.7 Å². The summed E-state index contributed by atoms with van der Waals surface area (Å²) in [6.07, 6.45) is -2.06. The van der Waals surface area contributed by atoms with Crippen LogP contribution < -0.4 is 4.74 Å². The van der Waals surface area contributed by atoms with Crippen molar-refractivity contribution >= 4 is 5.82 Å². The van der Waals surface area contributed by atoms with E-state index < -0.39 is 39.7 Å². The van der Waals surface area contributed by atoms with Gasteiger partial charge in [0.2, 0.25) is 0 Å². The molecule has 1 aromatic heterocycles. The summed E-state index contributed by atoms with van der Waals surface area (Å²) in [7, 11) is 1.21. The quantitative estimate of drug-likeness (QED) is 0.152. The molecular weight excluding hydrogens is 527 g/mol. The second-order valence-electron chi connectivity index (χ2n) is 8.23. The Morgan fingerprint density at radius 3 is 2.44 bits per heavy atom. The van der Waals surface area contributed by atoms with E-state index in [-0.39, 0.29) is 40.6 Å². The Labute approximate surface area is 216 Å². The monoisotopic (exact) mass is 542 g/mol. The number of methoxy groups -OCH3 is 1. The zero-order valence-electron chi connectivity index (χ0n) is 19.8. The largest absolute Gasteiger partial charge is 0.497 e. The molecule has 2 aliphatic rings. The van der Waals surface area contributed by atoms with Gasteiger partial charge in [0.25, 0.3) is 0 Å². The van der Waals surface area contributed by atoms with E-state index in [0.29, 0.717) is 5.69 Å². The fourth-order valence-electron chi connectivity index (χ4n) is 3.96. The predicted molar refractivity (Wildman–Crippen MR) is 127 cm³/mol. The fraction of sp³-hybridized carbons (Fsp3) is 0.120. The molecule has 9 nitrogen and oxygen atoms in total. The molecule has 2 aromatic carbocycles. The lowest BCUT2D eigenvalue weighted by Crippen LogP contribution is -2.10. The van der Waals surface area contributed by atoms with Crippen molar-refractivity contribution < 1.29 is 31.6 Å². The molecule has 0 atom stereocenters. The topological polar surface area (TPSA) is 109 Å². The van der Waals surface area contributed by atoms with Crippen LogP contribution in [-0.2, 0) is 12.7 Å². The number of halogens is 5. The van der Waals surface area contributed by atoms with Gasteiger partial charge in [0.05, 0.1) is 36.2 Å². The number of benzene rings is 2. The van der Waals surface area contributed by atoms with E-state index in [1.807, 2.05) is 0 Å². The summed E-state index contributed by atoms with van der Waals surface area (Å²) < 4.78 is 75.1. The van der Waals surface area contributed by atoms with Gasteiger partial charge >= 0.3 is 12.0 Å². The molecule has 0 N–H and O–H groups in total. The Bertz CT molecular complexity index is 1690. The van der Waals surface area contributed by atoms with Gasteiger partial charge < -0.3 is 14.9 Å². The molecule has 5 rings (SSSR count). The maximum atomic E-state index is 14.2. The number of nitro groups is 1. The fourth-order valence-corrected chi connectivity index (χ4v) is 3.96. The lowest BCUT2D eigenvalue weighted by atomic mass is 9.99. The zero-order valence-corrected chi connectivity index (χ0v) is 19.8. The minimum Gasteiger partial charge on any atom is -0.497 e. The highest BCUT2D eigenvalue weighted by Crippen LogP contribution is 2.41. The van der Waals surface area contributed by atoms with Crippen molar-refractivity contribution in [3.63, 3.8) is 0 Å². The summed E-state index contributed by atoms with van der Waals surface area (Å²) in [4.78, 5) is 23.3. The third kappa shape index (κ3) is 4.95. The molecule has 0 fully saturated rings. The summed E-state index contributed by atoms with van der Waals surface area (Å²) >= 11 is 0. The number of ether oxygens (including phenoxy) is 1. The van der Waals surface area contributed by atoms with E-state index >= 15 is 0 Å². The Kier molecular flexibility index (Phi) is 6.38. The molecule has 0 amide bonds. The van der Waals surface area contributed by atoms with E-state index in [2.05, 4.69) is 20.1 Å². The first kappa shape index (κ1) is 25.6. The first-order valence-corrected chi connectivity index (χ1v) is 11.1. The number of fused-ring (bicyclic) bond motifs is 1. The van der Waals surface area contributed by atoms with Gasteiger partial charge in [0.15, 0.2) is 23.2 Å². The van der Waals surface area contributed by atoms with Gasteiger partial charge in [-0.05, 0) is 52.4 Å². The average Bonchev–Trinajstić information content (AvgIpc) is 3.32.